The van der Waals surface area contributed by atoms with Gasteiger partial charge in [0.1, 0.15) is 5.58 Å². The normalized spacial score (nSPS) is 14.8. The molecule has 0 saturated heterocycles. The van der Waals surface area contributed by atoms with Gasteiger partial charge in [-0.05, 0) is 61.4 Å². The zero-order chi connectivity index (χ0) is 26.7. The molecule has 0 fully saturated rings. The Balaban J connectivity index is 1.66. The Morgan fingerprint density at radius 3 is 2.26 bits per heavy atom. The van der Waals surface area contributed by atoms with E-state index in [9.17, 15) is 9.59 Å². The third-order valence-electron chi connectivity index (χ3n) is 6.77. The molecule has 9 heteroatoms. The zero-order valence-electron chi connectivity index (χ0n) is 21.4. The predicted molar refractivity (Wildman–Crippen MR) is 146 cm³/mol. The van der Waals surface area contributed by atoms with E-state index < -0.39 is 11.9 Å². The molecule has 0 saturated carbocycles. The van der Waals surface area contributed by atoms with Gasteiger partial charge in [0.05, 0.1) is 48.5 Å². The number of carbonyl (C=O) groups is 1. The van der Waals surface area contributed by atoms with Crippen molar-refractivity contribution in [3.8, 4) is 17.2 Å². The summed E-state index contributed by atoms with van der Waals surface area (Å²) in [7, 11) is 4.56. The number of anilines is 1. The number of hydrogen-bond donors (Lipinski definition) is 0. The van der Waals surface area contributed by atoms with Crippen molar-refractivity contribution in [2.24, 2.45) is 0 Å². The van der Waals surface area contributed by atoms with Crippen LogP contribution in [0.15, 0.2) is 57.7 Å². The van der Waals surface area contributed by atoms with Gasteiger partial charge in [0.25, 0.3) is 5.91 Å². The first-order valence-electron chi connectivity index (χ1n) is 11.9. The largest absolute Gasteiger partial charge is 0.493 e. The summed E-state index contributed by atoms with van der Waals surface area (Å²) in [6.07, 6.45) is 0. The van der Waals surface area contributed by atoms with E-state index in [4.69, 9.17) is 23.6 Å². The molecule has 38 heavy (non-hydrogen) atoms. The first-order chi connectivity index (χ1) is 18.3. The van der Waals surface area contributed by atoms with Gasteiger partial charge in [-0.2, -0.15) is 0 Å². The number of amides is 1. The van der Waals surface area contributed by atoms with Crippen LogP contribution in [0.25, 0.3) is 21.2 Å². The van der Waals surface area contributed by atoms with Crippen LogP contribution in [-0.4, -0.2) is 32.2 Å². The minimum absolute atomic E-state index is 0.000501. The Morgan fingerprint density at radius 1 is 0.895 bits per heavy atom. The van der Waals surface area contributed by atoms with Crippen molar-refractivity contribution in [1.29, 1.82) is 0 Å². The summed E-state index contributed by atoms with van der Waals surface area (Å²) in [5.41, 5.74) is 3.71. The van der Waals surface area contributed by atoms with Crippen LogP contribution in [0, 0.1) is 13.8 Å². The molecule has 0 N–H and O–H groups in total. The highest BCUT2D eigenvalue weighted by molar-refractivity contribution is 7.22. The molecule has 0 aliphatic carbocycles. The van der Waals surface area contributed by atoms with Crippen molar-refractivity contribution in [2.45, 2.75) is 19.9 Å². The maximum absolute atomic E-state index is 14.0. The first-order valence-corrected chi connectivity index (χ1v) is 12.7. The molecular weight excluding hydrogens is 504 g/mol. The van der Waals surface area contributed by atoms with E-state index in [0.717, 1.165) is 21.3 Å². The Kier molecular flexibility index (Phi) is 5.61. The highest BCUT2D eigenvalue weighted by Gasteiger charge is 2.45. The first kappa shape index (κ1) is 24.0. The highest BCUT2D eigenvalue weighted by Crippen LogP contribution is 2.47. The van der Waals surface area contributed by atoms with Gasteiger partial charge in [-0.25, -0.2) is 4.98 Å². The zero-order valence-corrected chi connectivity index (χ0v) is 22.3. The Bertz CT molecular complexity index is 1800. The molecular formula is C29H24N2O6S. The van der Waals surface area contributed by atoms with Gasteiger partial charge < -0.3 is 18.6 Å². The highest BCUT2D eigenvalue weighted by atomic mass is 32.1. The summed E-state index contributed by atoms with van der Waals surface area (Å²) >= 11 is 1.38. The van der Waals surface area contributed by atoms with Crippen molar-refractivity contribution in [3.63, 3.8) is 0 Å². The van der Waals surface area contributed by atoms with Gasteiger partial charge in [-0.3, -0.25) is 14.5 Å². The van der Waals surface area contributed by atoms with Crippen LogP contribution in [0.3, 0.4) is 0 Å². The Morgan fingerprint density at radius 2 is 1.58 bits per heavy atom. The fourth-order valence-electron chi connectivity index (χ4n) is 4.98. The van der Waals surface area contributed by atoms with E-state index >= 15 is 0 Å². The fourth-order valence-corrected chi connectivity index (χ4v) is 6.07. The molecule has 0 unspecified atom stereocenters. The molecule has 0 radical (unpaired) electrons. The molecule has 1 aliphatic rings. The summed E-state index contributed by atoms with van der Waals surface area (Å²) in [6.45, 7) is 3.91. The van der Waals surface area contributed by atoms with Crippen LogP contribution < -0.4 is 24.5 Å². The molecule has 1 atom stereocenters. The molecule has 2 aromatic heterocycles. The molecule has 1 aliphatic heterocycles. The molecule has 0 bridgehead atoms. The summed E-state index contributed by atoms with van der Waals surface area (Å²) in [6, 6.07) is 13.9. The number of carbonyl (C=O) groups excluding carboxylic acids is 1. The Hall–Kier alpha value is -4.37. The van der Waals surface area contributed by atoms with Crippen LogP contribution in [0.1, 0.15) is 38.9 Å². The van der Waals surface area contributed by atoms with E-state index in [0.29, 0.717) is 38.9 Å². The molecule has 192 valence electrons. The molecule has 3 aromatic carbocycles. The number of aryl methyl sites for hydroxylation is 2. The summed E-state index contributed by atoms with van der Waals surface area (Å²) in [5.74, 6) is 0.786. The second-order valence-corrected chi connectivity index (χ2v) is 10.2. The molecule has 0 spiro atoms. The lowest BCUT2D eigenvalue weighted by atomic mass is 9.97. The number of aromatic nitrogens is 1. The van der Waals surface area contributed by atoms with Crippen LogP contribution in [0.4, 0.5) is 5.13 Å². The number of methoxy groups -OCH3 is 3. The number of fused-ring (bicyclic) bond motifs is 3. The lowest BCUT2D eigenvalue weighted by Crippen LogP contribution is -2.29. The van der Waals surface area contributed by atoms with Crippen molar-refractivity contribution in [3.05, 3.63) is 86.8 Å². The van der Waals surface area contributed by atoms with E-state index in [1.165, 1.54) is 37.6 Å². The van der Waals surface area contributed by atoms with Crippen LogP contribution in [0.2, 0.25) is 0 Å². The maximum Gasteiger partial charge on any atom is 0.297 e. The third kappa shape index (κ3) is 3.53. The second-order valence-electron chi connectivity index (χ2n) is 9.18. The molecule has 3 heterocycles. The lowest BCUT2D eigenvalue weighted by Gasteiger charge is -2.24. The van der Waals surface area contributed by atoms with Gasteiger partial charge in [0, 0.05) is 0 Å². The minimum atomic E-state index is -0.825. The van der Waals surface area contributed by atoms with Crippen molar-refractivity contribution in [2.75, 3.05) is 26.2 Å². The van der Waals surface area contributed by atoms with Gasteiger partial charge in [-0.15, -0.1) is 0 Å². The smallest absolute Gasteiger partial charge is 0.297 e. The molecule has 5 aromatic rings. The van der Waals surface area contributed by atoms with Crippen molar-refractivity contribution in [1.82, 2.24) is 4.98 Å². The third-order valence-corrected chi connectivity index (χ3v) is 7.78. The van der Waals surface area contributed by atoms with Crippen LogP contribution in [-0.2, 0) is 0 Å². The number of benzene rings is 3. The number of rotatable bonds is 5. The quantitative estimate of drug-likeness (QED) is 0.285. The monoisotopic (exact) mass is 528 g/mol. The predicted octanol–water partition coefficient (Wildman–Crippen LogP) is 5.80. The van der Waals surface area contributed by atoms with E-state index in [2.05, 4.69) is 0 Å². The number of thiazole rings is 1. The maximum atomic E-state index is 14.0. The van der Waals surface area contributed by atoms with Gasteiger partial charge in [0.15, 0.2) is 22.1 Å². The average molecular weight is 529 g/mol. The number of nitrogens with zero attached hydrogens (tertiary/aromatic N) is 2. The van der Waals surface area contributed by atoms with Crippen LogP contribution >= 0.6 is 11.3 Å². The van der Waals surface area contributed by atoms with Gasteiger partial charge in [-0.1, -0.05) is 29.0 Å². The molecule has 6 rings (SSSR count). The van der Waals surface area contributed by atoms with E-state index in [1.54, 1.807) is 24.3 Å². The van der Waals surface area contributed by atoms with Crippen molar-refractivity contribution < 1.29 is 23.4 Å². The summed E-state index contributed by atoms with van der Waals surface area (Å²) in [4.78, 5) is 34.3. The summed E-state index contributed by atoms with van der Waals surface area (Å²) in [5, 5.41) is 0.871. The second kappa shape index (κ2) is 8.88. The van der Waals surface area contributed by atoms with Crippen LogP contribution in [0.5, 0.6) is 17.2 Å². The van der Waals surface area contributed by atoms with E-state index in [1.807, 2.05) is 38.1 Å². The average Bonchev–Trinajstić information content (AvgIpc) is 3.46. The molecule has 1 amide bonds. The molecule has 8 nitrogen and oxygen atoms in total. The van der Waals surface area contributed by atoms with E-state index in [-0.39, 0.29) is 16.8 Å². The fraction of sp³-hybridized carbons (Fsp3) is 0.207. The summed E-state index contributed by atoms with van der Waals surface area (Å²) < 4.78 is 23.7. The topological polar surface area (TPSA) is 91.1 Å². The SMILES string of the molecule is COc1cc([C@@H]2c3c(oc4ccc(C)cc4c3=O)C(=O)N2c2nc3ccc(C)cc3s2)cc(OC)c1OC. The number of hydrogen-bond acceptors (Lipinski definition) is 8. The number of ether oxygens (including phenoxy) is 3. The van der Waals surface area contributed by atoms with Gasteiger partial charge in [0.2, 0.25) is 11.5 Å². The standard InChI is InChI=1S/C29H24N2O6S/c1-14-7-9-19-17(10-14)25(32)23-24(16-12-20(34-3)26(36-5)21(13-16)35-4)31(28(33)27(23)37-19)29-30-18-8-6-15(2)11-22(18)38-29/h6-13,24H,1-5H3/t24-/m1/s1. The van der Waals surface area contributed by atoms with Crippen molar-refractivity contribution >= 4 is 43.6 Å². The van der Waals surface area contributed by atoms with Gasteiger partial charge >= 0.3 is 0 Å². The minimum Gasteiger partial charge on any atom is -0.493 e. The lowest BCUT2D eigenvalue weighted by molar-refractivity contribution is 0.0971. The Labute approximate surface area is 222 Å².